The van der Waals surface area contributed by atoms with E-state index < -0.39 is 0 Å². The van der Waals surface area contributed by atoms with Crippen molar-refractivity contribution in [2.24, 2.45) is 4.99 Å². The van der Waals surface area contributed by atoms with Gasteiger partial charge in [-0.25, -0.2) is 0 Å². The Labute approximate surface area is 165 Å². The van der Waals surface area contributed by atoms with E-state index in [1.807, 2.05) is 29.8 Å². The highest BCUT2D eigenvalue weighted by Crippen LogP contribution is 2.42. The molecule has 0 bridgehead atoms. The average Bonchev–Trinajstić information content (AvgIpc) is 3.18. The number of hydrogen-bond acceptors (Lipinski definition) is 4. The number of benzene rings is 1. The largest absolute Gasteiger partial charge is 0.349 e. The van der Waals surface area contributed by atoms with Gasteiger partial charge in [0.2, 0.25) is 0 Å². The van der Waals surface area contributed by atoms with Gasteiger partial charge < -0.3 is 10.2 Å². The number of para-hydroxylation sites is 1. The zero-order chi connectivity index (χ0) is 18.5. The Morgan fingerprint density at radius 1 is 1.22 bits per heavy atom. The van der Waals surface area contributed by atoms with Gasteiger partial charge in [-0.15, -0.1) is 10.2 Å². The first-order valence-electron chi connectivity index (χ1n) is 9.84. The molecule has 1 spiro atoms. The van der Waals surface area contributed by atoms with Crippen molar-refractivity contribution < 1.29 is 0 Å². The summed E-state index contributed by atoms with van der Waals surface area (Å²) in [5, 5.41) is 11.9. The molecule has 0 atom stereocenters. The van der Waals surface area contributed by atoms with Crippen molar-refractivity contribution in [3.63, 3.8) is 0 Å². The number of aromatic nitrogens is 3. The Balaban J connectivity index is 1.42. The standard InChI is InChI=1S/C20H28N6S/c1-21-19(25-12-13-27-20(15-25)10-6-3-7-11-20)22-14-18-24-23-16-26(18)17-8-4-2-5-9-17/h2,4-5,8-9,16H,3,6-7,10-15H2,1H3,(H,21,22). The van der Waals surface area contributed by atoms with Gasteiger partial charge in [0.15, 0.2) is 11.8 Å². The van der Waals surface area contributed by atoms with Gasteiger partial charge in [-0.1, -0.05) is 37.5 Å². The van der Waals surface area contributed by atoms with Gasteiger partial charge >= 0.3 is 0 Å². The second kappa shape index (κ2) is 8.33. The van der Waals surface area contributed by atoms with Crippen LogP contribution in [-0.2, 0) is 6.54 Å². The molecule has 2 aromatic rings. The third-order valence-corrected chi connectivity index (χ3v) is 7.12. The normalized spacial score (nSPS) is 20.0. The van der Waals surface area contributed by atoms with E-state index in [1.165, 1.54) is 37.9 Å². The second-order valence-corrected chi connectivity index (χ2v) is 8.93. The van der Waals surface area contributed by atoms with Crippen molar-refractivity contribution in [2.45, 2.75) is 43.4 Å². The first-order valence-corrected chi connectivity index (χ1v) is 10.8. The van der Waals surface area contributed by atoms with E-state index in [0.29, 0.717) is 11.3 Å². The fourth-order valence-corrected chi connectivity index (χ4v) is 5.77. The van der Waals surface area contributed by atoms with Crippen LogP contribution in [0.2, 0.25) is 0 Å². The molecule has 1 aromatic heterocycles. The molecule has 1 aromatic carbocycles. The maximum atomic E-state index is 4.56. The maximum absolute atomic E-state index is 4.56. The zero-order valence-corrected chi connectivity index (χ0v) is 16.8. The minimum Gasteiger partial charge on any atom is -0.349 e. The number of hydrogen-bond donors (Lipinski definition) is 1. The van der Waals surface area contributed by atoms with E-state index in [1.54, 1.807) is 6.33 Å². The van der Waals surface area contributed by atoms with Crippen molar-refractivity contribution in [1.29, 1.82) is 0 Å². The molecule has 4 rings (SSSR count). The molecular formula is C20H28N6S. The van der Waals surface area contributed by atoms with Crippen molar-refractivity contribution in [3.05, 3.63) is 42.5 Å². The van der Waals surface area contributed by atoms with Crippen LogP contribution in [0.5, 0.6) is 0 Å². The summed E-state index contributed by atoms with van der Waals surface area (Å²) in [6, 6.07) is 10.2. The molecule has 2 heterocycles. The maximum Gasteiger partial charge on any atom is 0.194 e. The van der Waals surface area contributed by atoms with Gasteiger partial charge in [0.25, 0.3) is 0 Å². The summed E-state index contributed by atoms with van der Waals surface area (Å²) in [6.45, 7) is 2.76. The van der Waals surface area contributed by atoms with Crippen molar-refractivity contribution >= 4 is 17.7 Å². The number of guanidine groups is 1. The lowest BCUT2D eigenvalue weighted by Gasteiger charge is -2.45. The Morgan fingerprint density at radius 2 is 2.04 bits per heavy atom. The molecule has 1 aliphatic heterocycles. The molecule has 0 amide bonds. The molecule has 2 aliphatic rings. The molecule has 2 fully saturated rings. The lowest BCUT2D eigenvalue weighted by Crippen LogP contribution is -2.53. The van der Waals surface area contributed by atoms with E-state index in [-0.39, 0.29) is 0 Å². The minimum absolute atomic E-state index is 0.429. The molecule has 144 valence electrons. The number of thioether (sulfide) groups is 1. The van der Waals surface area contributed by atoms with E-state index in [2.05, 4.69) is 49.3 Å². The molecule has 0 unspecified atom stereocenters. The monoisotopic (exact) mass is 384 g/mol. The Hall–Kier alpha value is -2.02. The molecule has 1 aliphatic carbocycles. The van der Waals surface area contributed by atoms with Crippen LogP contribution in [0.4, 0.5) is 0 Å². The van der Waals surface area contributed by atoms with E-state index in [4.69, 9.17) is 0 Å². The van der Waals surface area contributed by atoms with Gasteiger partial charge in [-0.3, -0.25) is 9.56 Å². The van der Waals surface area contributed by atoms with Crippen LogP contribution in [0.15, 0.2) is 41.7 Å². The van der Waals surface area contributed by atoms with Gasteiger partial charge in [0.05, 0.1) is 6.54 Å². The van der Waals surface area contributed by atoms with Crippen LogP contribution in [-0.4, -0.2) is 56.3 Å². The third-order valence-electron chi connectivity index (χ3n) is 5.58. The van der Waals surface area contributed by atoms with E-state index in [9.17, 15) is 0 Å². The topological polar surface area (TPSA) is 58.3 Å². The fourth-order valence-electron chi connectivity index (χ4n) is 4.20. The molecule has 1 N–H and O–H groups in total. The van der Waals surface area contributed by atoms with Crippen LogP contribution in [0, 0.1) is 0 Å². The van der Waals surface area contributed by atoms with Gasteiger partial charge in [0.1, 0.15) is 6.33 Å². The zero-order valence-electron chi connectivity index (χ0n) is 16.0. The molecular weight excluding hydrogens is 356 g/mol. The van der Waals surface area contributed by atoms with E-state index >= 15 is 0 Å². The fraction of sp³-hybridized carbons (Fsp3) is 0.550. The summed E-state index contributed by atoms with van der Waals surface area (Å²) in [7, 11) is 1.87. The third kappa shape index (κ3) is 4.13. The van der Waals surface area contributed by atoms with Crippen molar-refractivity contribution in [1.82, 2.24) is 25.0 Å². The number of aliphatic imine (C=N–C) groups is 1. The quantitative estimate of drug-likeness (QED) is 0.651. The summed E-state index contributed by atoms with van der Waals surface area (Å²) in [5.74, 6) is 3.05. The Morgan fingerprint density at radius 3 is 2.81 bits per heavy atom. The highest BCUT2D eigenvalue weighted by Gasteiger charge is 2.38. The number of nitrogens with one attached hydrogen (secondary N) is 1. The first-order chi connectivity index (χ1) is 13.3. The van der Waals surface area contributed by atoms with Crippen molar-refractivity contribution in [2.75, 3.05) is 25.9 Å². The van der Waals surface area contributed by atoms with Gasteiger partial charge in [-0.2, -0.15) is 11.8 Å². The first kappa shape index (κ1) is 18.3. The second-order valence-electron chi connectivity index (χ2n) is 7.37. The summed E-state index contributed by atoms with van der Waals surface area (Å²) < 4.78 is 2.45. The molecule has 6 nitrogen and oxygen atoms in total. The van der Waals surface area contributed by atoms with Crippen LogP contribution in [0.25, 0.3) is 5.69 Å². The lowest BCUT2D eigenvalue weighted by molar-refractivity contribution is 0.293. The molecule has 1 saturated carbocycles. The smallest absolute Gasteiger partial charge is 0.194 e. The summed E-state index contributed by atoms with van der Waals surface area (Å²) in [4.78, 5) is 6.99. The number of nitrogens with zero attached hydrogens (tertiary/aromatic N) is 5. The summed E-state index contributed by atoms with van der Waals surface area (Å²) >= 11 is 2.18. The van der Waals surface area contributed by atoms with Crippen LogP contribution in [0.1, 0.15) is 37.9 Å². The van der Waals surface area contributed by atoms with Crippen LogP contribution < -0.4 is 5.32 Å². The summed E-state index contributed by atoms with van der Waals surface area (Å²) in [5.41, 5.74) is 1.07. The SMILES string of the molecule is CN=C(NCc1nncn1-c1ccccc1)N1CCSC2(CCCCC2)C1. The highest BCUT2D eigenvalue weighted by atomic mass is 32.2. The minimum atomic E-state index is 0.429. The number of rotatable bonds is 3. The predicted octanol–water partition coefficient (Wildman–Crippen LogP) is 3.09. The van der Waals surface area contributed by atoms with Gasteiger partial charge in [-0.05, 0) is 25.0 Å². The molecule has 1 saturated heterocycles. The van der Waals surface area contributed by atoms with Crippen LogP contribution >= 0.6 is 11.8 Å². The Kier molecular flexibility index (Phi) is 5.66. The van der Waals surface area contributed by atoms with E-state index in [0.717, 1.165) is 30.6 Å². The lowest BCUT2D eigenvalue weighted by atomic mass is 9.87. The summed E-state index contributed by atoms with van der Waals surface area (Å²) in [6.07, 6.45) is 8.58. The van der Waals surface area contributed by atoms with Crippen molar-refractivity contribution in [3.8, 4) is 5.69 Å². The van der Waals surface area contributed by atoms with Crippen LogP contribution in [0.3, 0.4) is 0 Å². The molecule has 0 radical (unpaired) electrons. The molecule has 7 heteroatoms. The van der Waals surface area contributed by atoms with Gasteiger partial charge in [0, 0.05) is 36.3 Å². The predicted molar refractivity (Wildman–Crippen MR) is 111 cm³/mol. The Bertz CT molecular complexity index is 760. The average molecular weight is 385 g/mol. The molecule has 27 heavy (non-hydrogen) atoms. The highest BCUT2D eigenvalue weighted by molar-refractivity contribution is 8.00.